The van der Waals surface area contributed by atoms with E-state index in [0.717, 1.165) is 0 Å². The molecule has 14 heteroatoms. The van der Waals surface area contributed by atoms with Crippen LogP contribution in [0.5, 0.6) is 5.75 Å². The number of halogens is 1. The van der Waals surface area contributed by atoms with E-state index in [9.17, 15) is 9.18 Å². The molecule has 36 heavy (non-hydrogen) atoms. The lowest BCUT2D eigenvalue weighted by molar-refractivity contribution is -0.150. The summed E-state index contributed by atoms with van der Waals surface area (Å²) in [5.74, 6) is -0.490. The van der Waals surface area contributed by atoms with Crippen LogP contribution in [0.4, 0.5) is 4.39 Å². The van der Waals surface area contributed by atoms with Gasteiger partial charge in [0.25, 0.3) is 5.91 Å². The summed E-state index contributed by atoms with van der Waals surface area (Å²) >= 11 is 0. The van der Waals surface area contributed by atoms with Crippen LogP contribution in [0.1, 0.15) is 21.9 Å². The number of ether oxygens (including phenoxy) is 3. The van der Waals surface area contributed by atoms with Gasteiger partial charge in [0.15, 0.2) is 11.6 Å². The minimum absolute atomic E-state index is 0.0106. The number of hydrogen-bond acceptors (Lipinski definition) is 11. The Morgan fingerprint density at radius 3 is 2.78 bits per heavy atom. The summed E-state index contributed by atoms with van der Waals surface area (Å²) in [4.78, 5) is 22.6. The Labute approximate surface area is 205 Å². The SMILES string of the molecule is Cc1nc(C(=O)NCc2ccc(F)c(OCCO)c2)cc(-c2nnn(C[C@H]3CO[C@H](CO)CO3)n2)n1. The van der Waals surface area contributed by atoms with E-state index in [1.165, 1.54) is 29.1 Å². The molecule has 2 aromatic heterocycles. The maximum absolute atomic E-state index is 13.8. The Morgan fingerprint density at radius 2 is 2.03 bits per heavy atom. The van der Waals surface area contributed by atoms with Crippen molar-refractivity contribution in [2.45, 2.75) is 32.2 Å². The van der Waals surface area contributed by atoms with Crippen molar-refractivity contribution in [3.63, 3.8) is 0 Å². The molecule has 1 saturated heterocycles. The maximum atomic E-state index is 13.8. The highest BCUT2D eigenvalue weighted by molar-refractivity contribution is 5.93. The Bertz CT molecular complexity index is 1190. The Kier molecular flexibility index (Phi) is 8.43. The van der Waals surface area contributed by atoms with E-state index in [1.807, 2.05) is 0 Å². The number of nitrogens with zero attached hydrogens (tertiary/aromatic N) is 6. The first kappa shape index (κ1) is 25.5. The number of carbonyl (C=O) groups is 1. The minimum Gasteiger partial charge on any atom is -0.488 e. The van der Waals surface area contributed by atoms with Gasteiger partial charge in [-0.25, -0.2) is 14.4 Å². The number of carbonyl (C=O) groups excluding carboxylic acids is 1. The second kappa shape index (κ2) is 11.9. The number of nitrogens with one attached hydrogen (secondary N) is 1. The van der Waals surface area contributed by atoms with Gasteiger partial charge in [-0.1, -0.05) is 6.07 Å². The normalized spacial score (nSPS) is 17.7. The summed E-state index contributed by atoms with van der Waals surface area (Å²) < 4.78 is 30.1. The lowest BCUT2D eigenvalue weighted by atomic mass is 10.2. The Balaban J connectivity index is 1.39. The fraction of sp³-hybridized carbons (Fsp3) is 0.455. The summed E-state index contributed by atoms with van der Waals surface area (Å²) in [7, 11) is 0. The number of hydrogen-bond donors (Lipinski definition) is 3. The maximum Gasteiger partial charge on any atom is 0.270 e. The largest absolute Gasteiger partial charge is 0.488 e. The van der Waals surface area contributed by atoms with Crippen LogP contribution in [0.15, 0.2) is 24.3 Å². The Morgan fingerprint density at radius 1 is 1.22 bits per heavy atom. The molecule has 13 nitrogen and oxygen atoms in total. The first-order valence-corrected chi connectivity index (χ1v) is 11.2. The topological polar surface area (TPSA) is 167 Å². The molecule has 0 bridgehead atoms. The minimum atomic E-state index is -0.563. The van der Waals surface area contributed by atoms with Crippen LogP contribution in [0, 0.1) is 12.7 Å². The lowest BCUT2D eigenvalue weighted by Gasteiger charge is -2.27. The average molecular weight is 503 g/mol. The first-order valence-electron chi connectivity index (χ1n) is 11.2. The fourth-order valence-electron chi connectivity index (χ4n) is 3.39. The van der Waals surface area contributed by atoms with Crippen molar-refractivity contribution in [2.24, 2.45) is 0 Å². The zero-order valence-electron chi connectivity index (χ0n) is 19.5. The van der Waals surface area contributed by atoms with Gasteiger partial charge in [-0.15, -0.1) is 10.2 Å². The first-order chi connectivity index (χ1) is 17.4. The van der Waals surface area contributed by atoms with Crippen molar-refractivity contribution in [3.8, 4) is 17.3 Å². The molecule has 4 rings (SSSR count). The van der Waals surface area contributed by atoms with Crippen molar-refractivity contribution < 1.29 is 33.6 Å². The Hall–Kier alpha value is -3.59. The van der Waals surface area contributed by atoms with Crippen molar-refractivity contribution >= 4 is 5.91 Å². The van der Waals surface area contributed by atoms with Gasteiger partial charge < -0.3 is 29.7 Å². The molecular formula is C22H26FN7O6. The van der Waals surface area contributed by atoms with Crippen molar-refractivity contribution in [1.82, 2.24) is 35.5 Å². The van der Waals surface area contributed by atoms with Crippen LogP contribution >= 0.6 is 0 Å². The molecule has 192 valence electrons. The van der Waals surface area contributed by atoms with Gasteiger partial charge in [-0.2, -0.15) is 4.80 Å². The van der Waals surface area contributed by atoms with Crippen LogP contribution in [0.3, 0.4) is 0 Å². The van der Waals surface area contributed by atoms with Crippen LogP contribution < -0.4 is 10.1 Å². The zero-order chi connectivity index (χ0) is 25.5. The predicted molar refractivity (Wildman–Crippen MR) is 120 cm³/mol. The van der Waals surface area contributed by atoms with E-state index >= 15 is 0 Å². The van der Waals surface area contributed by atoms with E-state index in [4.69, 9.17) is 24.4 Å². The second-order valence-corrected chi connectivity index (χ2v) is 7.97. The van der Waals surface area contributed by atoms with Crippen LogP contribution in [0.25, 0.3) is 11.5 Å². The molecule has 0 unspecified atom stereocenters. The number of benzene rings is 1. The van der Waals surface area contributed by atoms with Gasteiger partial charge in [0.2, 0.25) is 5.82 Å². The molecular weight excluding hydrogens is 477 g/mol. The monoisotopic (exact) mass is 503 g/mol. The quantitative estimate of drug-likeness (QED) is 0.331. The highest BCUT2D eigenvalue weighted by Crippen LogP contribution is 2.19. The molecule has 0 saturated carbocycles. The highest BCUT2D eigenvalue weighted by Gasteiger charge is 2.23. The summed E-state index contributed by atoms with van der Waals surface area (Å²) in [5, 5.41) is 33.0. The van der Waals surface area contributed by atoms with Crippen molar-refractivity contribution in [3.05, 3.63) is 47.2 Å². The average Bonchev–Trinajstić information content (AvgIpc) is 3.36. The summed E-state index contributed by atoms with van der Waals surface area (Å²) in [6, 6.07) is 5.66. The van der Waals surface area contributed by atoms with Gasteiger partial charge >= 0.3 is 0 Å². The van der Waals surface area contributed by atoms with E-state index in [-0.39, 0.29) is 62.4 Å². The summed E-state index contributed by atoms with van der Waals surface area (Å²) in [6.45, 7) is 2.22. The number of aromatic nitrogens is 6. The van der Waals surface area contributed by atoms with Crippen LogP contribution in [-0.2, 0) is 22.6 Å². The highest BCUT2D eigenvalue weighted by atomic mass is 19.1. The molecule has 3 N–H and O–H groups in total. The molecule has 1 fully saturated rings. The predicted octanol–water partition coefficient (Wildman–Crippen LogP) is -0.345. The van der Waals surface area contributed by atoms with Gasteiger partial charge in [-0.05, 0) is 35.9 Å². The van der Waals surface area contributed by atoms with Crippen LogP contribution in [0.2, 0.25) is 0 Å². The standard InChI is InChI=1S/C22H26FN7O6/c1-13-25-18(21-27-29-30(28-21)9-15-11-36-16(10-32)12-35-15)7-19(26-13)22(33)24-8-14-2-3-17(23)20(6-14)34-5-4-31/h2-3,6-7,15-16,31-32H,4-5,8-12H2,1H3,(H,24,33)/t15-,16+/m0/s1. The summed E-state index contributed by atoms with van der Waals surface area (Å²) in [5.41, 5.74) is 1.03. The number of tetrazole rings is 1. The molecule has 2 atom stereocenters. The lowest BCUT2D eigenvalue weighted by Crippen LogP contribution is -2.40. The third-order valence-electron chi connectivity index (χ3n) is 5.16. The molecule has 0 spiro atoms. The number of aliphatic hydroxyl groups excluding tert-OH is 2. The molecule has 1 aromatic carbocycles. The number of aryl methyl sites for hydroxylation is 1. The van der Waals surface area contributed by atoms with Crippen LogP contribution in [-0.4, -0.2) is 91.5 Å². The van der Waals surface area contributed by atoms with Gasteiger partial charge in [0.05, 0.1) is 33.0 Å². The molecule has 1 aliphatic rings. The van der Waals surface area contributed by atoms with Crippen molar-refractivity contribution in [2.75, 3.05) is 33.0 Å². The molecule has 1 aliphatic heterocycles. The smallest absolute Gasteiger partial charge is 0.270 e. The molecule has 3 aromatic rings. The van der Waals surface area contributed by atoms with Gasteiger partial charge in [0, 0.05) is 6.54 Å². The number of rotatable bonds is 10. The molecule has 0 radical (unpaired) electrons. The third kappa shape index (κ3) is 6.54. The van der Waals surface area contributed by atoms with E-state index < -0.39 is 11.7 Å². The van der Waals surface area contributed by atoms with E-state index in [2.05, 4.69) is 30.7 Å². The second-order valence-electron chi connectivity index (χ2n) is 7.97. The van der Waals surface area contributed by atoms with E-state index in [0.29, 0.717) is 30.2 Å². The van der Waals surface area contributed by atoms with Crippen molar-refractivity contribution in [1.29, 1.82) is 0 Å². The van der Waals surface area contributed by atoms with E-state index in [1.54, 1.807) is 6.92 Å². The zero-order valence-corrected chi connectivity index (χ0v) is 19.5. The van der Waals surface area contributed by atoms with Gasteiger partial charge in [0.1, 0.15) is 36.0 Å². The van der Waals surface area contributed by atoms with Gasteiger partial charge in [-0.3, -0.25) is 4.79 Å². The molecule has 3 heterocycles. The molecule has 0 aliphatic carbocycles. The molecule has 1 amide bonds. The fourth-order valence-corrected chi connectivity index (χ4v) is 3.39. The number of aliphatic hydroxyl groups is 2. The summed E-state index contributed by atoms with van der Waals surface area (Å²) in [6.07, 6.45) is -0.622. The number of amides is 1. The third-order valence-corrected chi connectivity index (χ3v) is 5.16.